The van der Waals surface area contributed by atoms with Crippen LogP contribution in [0.25, 0.3) is 0 Å². The van der Waals surface area contributed by atoms with E-state index in [0.29, 0.717) is 0 Å². The third-order valence-electron chi connectivity index (χ3n) is 0.582. The minimum atomic E-state index is 0.950. The van der Waals surface area contributed by atoms with Crippen LogP contribution in [-0.2, 0) is 0 Å². The molecule has 0 amide bonds. The van der Waals surface area contributed by atoms with E-state index in [1.165, 1.54) is 0 Å². The SMILES string of the molecule is C/N=C/C=C\N=C/CI. The Morgan fingerprint density at radius 2 is 2.33 bits per heavy atom. The average Bonchev–Trinajstić information content (AvgIpc) is 1.89. The van der Waals surface area contributed by atoms with Gasteiger partial charge in [0.25, 0.3) is 0 Å². The fraction of sp³-hybridized carbons (Fsp3) is 0.333. The number of hydrogen-bond donors (Lipinski definition) is 0. The number of hydrogen-bond acceptors (Lipinski definition) is 2. The second-order valence-electron chi connectivity index (χ2n) is 1.23. The van der Waals surface area contributed by atoms with Crippen molar-refractivity contribution in [2.75, 3.05) is 11.5 Å². The first-order valence-electron chi connectivity index (χ1n) is 2.56. The van der Waals surface area contributed by atoms with Gasteiger partial charge in [-0.05, 0) is 6.08 Å². The van der Waals surface area contributed by atoms with Gasteiger partial charge in [-0.1, -0.05) is 22.6 Å². The van der Waals surface area contributed by atoms with Crippen LogP contribution in [0.5, 0.6) is 0 Å². The monoisotopic (exact) mass is 236 g/mol. The summed E-state index contributed by atoms with van der Waals surface area (Å²) in [6.07, 6.45) is 7.04. The number of nitrogens with zero attached hydrogens (tertiary/aromatic N) is 2. The summed E-state index contributed by atoms with van der Waals surface area (Å²) in [5.41, 5.74) is 0. The topological polar surface area (TPSA) is 24.7 Å². The first-order valence-corrected chi connectivity index (χ1v) is 4.09. The molecule has 0 heterocycles. The largest absolute Gasteiger partial charge is 0.296 e. The molecule has 0 spiro atoms. The molecule has 0 saturated carbocycles. The summed E-state index contributed by atoms with van der Waals surface area (Å²) in [6, 6.07) is 0. The quantitative estimate of drug-likeness (QED) is 0.405. The lowest BCUT2D eigenvalue weighted by Gasteiger charge is -1.72. The lowest BCUT2D eigenvalue weighted by Crippen LogP contribution is -1.68. The predicted octanol–water partition coefficient (Wildman–Crippen LogP) is 1.71. The van der Waals surface area contributed by atoms with Crippen LogP contribution in [0.4, 0.5) is 0 Å². The Kier molecular flexibility index (Phi) is 7.65. The highest BCUT2D eigenvalue weighted by Crippen LogP contribution is 1.76. The highest BCUT2D eigenvalue weighted by molar-refractivity contribution is 14.1. The predicted molar refractivity (Wildman–Crippen MR) is 50.9 cm³/mol. The van der Waals surface area contributed by atoms with E-state index in [9.17, 15) is 0 Å². The van der Waals surface area contributed by atoms with Crippen molar-refractivity contribution in [3.8, 4) is 0 Å². The van der Waals surface area contributed by atoms with Gasteiger partial charge >= 0.3 is 0 Å². The Labute approximate surface area is 68.9 Å². The second kappa shape index (κ2) is 7.81. The maximum atomic E-state index is 3.92. The van der Waals surface area contributed by atoms with Crippen molar-refractivity contribution >= 4 is 35.0 Å². The van der Waals surface area contributed by atoms with Gasteiger partial charge in [-0.2, -0.15) is 0 Å². The molecule has 0 radical (unpaired) electrons. The van der Waals surface area contributed by atoms with Crippen LogP contribution in [0.15, 0.2) is 22.3 Å². The molecular weight excluding hydrogens is 227 g/mol. The Balaban J connectivity index is 3.35. The number of alkyl halides is 1. The maximum absolute atomic E-state index is 3.92. The molecule has 0 aromatic rings. The molecule has 0 aliphatic carbocycles. The van der Waals surface area contributed by atoms with Crippen LogP contribution < -0.4 is 0 Å². The molecule has 0 aromatic carbocycles. The van der Waals surface area contributed by atoms with Crippen LogP contribution in [0.3, 0.4) is 0 Å². The minimum Gasteiger partial charge on any atom is -0.296 e. The van der Waals surface area contributed by atoms with Crippen molar-refractivity contribution in [1.82, 2.24) is 0 Å². The fourth-order valence-electron chi connectivity index (χ4n) is 0.275. The summed E-state index contributed by atoms with van der Waals surface area (Å²) in [6.45, 7) is 0. The third-order valence-corrected chi connectivity index (χ3v) is 0.976. The number of halogens is 1. The van der Waals surface area contributed by atoms with Gasteiger partial charge in [0.2, 0.25) is 0 Å². The van der Waals surface area contributed by atoms with Gasteiger partial charge in [0.05, 0.1) is 0 Å². The van der Waals surface area contributed by atoms with Crippen molar-refractivity contribution < 1.29 is 0 Å². The molecule has 9 heavy (non-hydrogen) atoms. The molecule has 0 atom stereocenters. The zero-order valence-electron chi connectivity index (χ0n) is 5.29. The molecule has 0 rings (SSSR count). The van der Waals surface area contributed by atoms with E-state index in [4.69, 9.17) is 0 Å². The molecule has 2 nitrogen and oxygen atoms in total. The molecule has 50 valence electrons. The molecule has 0 fully saturated rings. The van der Waals surface area contributed by atoms with Crippen LogP contribution in [0.1, 0.15) is 0 Å². The van der Waals surface area contributed by atoms with Crippen molar-refractivity contribution in [2.24, 2.45) is 9.98 Å². The summed E-state index contributed by atoms with van der Waals surface area (Å²) in [5, 5.41) is 0. The summed E-state index contributed by atoms with van der Waals surface area (Å²) in [5.74, 6) is 0. The van der Waals surface area contributed by atoms with Gasteiger partial charge in [0.15, 0.2) is 0 Å². The van der Waals surface area contributed by atoms with Gasteiger partial charge in [0.1, 0.15) is 0 Å². The van der Waals surface area contributed by atoms with E-state index in [2.05, 4.69) is 32.6 Å². The summed E-state index contributed by atoms with van der Waals surface area (Å²) < 4.78 is 0.950. The van der Waals surface area contributed by atoms with E-state index in [0.717, 1.165) is 4.43 Å². The number of rotatable bonds is 3. The Bertz CT molecular complexity index is 127. The molecule has 0 unspecified atom stereocenters. The molecule has 3 heteroatoms. The van der Waals surface area contributed by atoms with Crippen LogP contribution in [-0.4, -0.2) is 23.9 Å². The van der Waals surface area contributed by atoms with Crippen molar-refractivity contribution in [2.45, 2.75) is 0 Å². The van der Waals surface area contributed by atoms with Gasteiger partial charge in [0, 0.05) is 30.1 Å². The molecular formula is C6H9IN2. The lowest BCUT2D eigenvalue weighted by atomic mass is 10.6. The first kappa shape index (κ1) is 8.81. The van der Waals surface area contributed by atoms with Crippen LogP contribution in [0, 0.1) is 0 Å². The average molecular weight is 236 g/mol. The van der Waals surface area contributed by atoms with Crippen LogP contribution >= 0.6 is 22.6 Å². The van der Waals surface area contributed by atoms with E-state index >= 15 is 0 Å². The van der Waals surface area contributed by atoms with Gasteiger partial charge < -0.3 is 0 Å². The highest BCUT2D eigenvalue weighted by atomic mass is 127. The second-order valence-corrected chi connectivity index (χ2v) is 2.12. The Morgan fingerprint density at radius 1 is 1.56 bits per heavy atom. The molecule has 0 N–H and O–H groups in total. The maximum Gasteiger partial charge on any atom is 0.0350 e. The standard InChI is InChI=1S/C6H9IN2/c1-8-4-2-5-9-6-3-7/h2,4-6H,3H2,1H3/b5-2-,8-4+,9-6-. The fourth-order valence-corrected chi connectivity index (χ4v) is 0.502. The summed E-state index contributed by atoms with van der Waals surface area (Å²) >= 11 is 2.23. The Hall–Kier alpha value is -0.190. The van der Waals surface area contributed by atoms with Gasteiger partial charge in [-0.3, -0.25) is 9.98 Å². The molecule has 0 bridgehead atoms. The van der Waals surface area contributed by atoms with Crippen molar-refractivity contribution in [1.29, 1.82) is 0 Å². The van der Waals surface area contributed by atoms with Crippen molar-refractivity contribution in [3.05, 3.63) is 12.3 Å². The van der Waals surface area contributed by atoms with Gasteiger partial charge in [-0.15, -0.1) is 0 Å². The number of aliphatic imine (C=N–C) groups is 2. The van der Waals surface area contributed by atoms with E-state index in [-0.39, 0.29) is 0 Å². The van der Waals surface area contributed by atoms with E-state index < -0.39 is 0 Å². The number of allylic oxidation sites excluding steroid dienone is 1. The lowest BCUT2D eigenvalue weighted by molar-refractivity contribution is 1.47. The van der Waals surface area contributed by atoms with E-state index in [1.807, 2.05) is 6.21 Å². The molecule has 0 aliphatic rings. The minimum absolute atomic E-state index is 0.950. The smallest absolute Gasteiger partial charge is 0.0350 e. The van der Waals surface area contributed by atoms with Crippen molar-refractivity contribution in [3.63, 3.8) is 0 Å². The Morgan fingerprint density at radius 3 is 2.89 bits per heavy atom. The van der Waals surface area contributed by atoms with E-state index in [1.54, 1.807) is 25.5 Å². The first-order chi connectivity index (χ1) is 4.41. The van der Waals surface area contributed by atoms with Gasteiger partial charge in [-0.25, -0.2) is 0 Å². The highest BCUT2D eigenvalue weighted by Gasteiger charge is 1.62. The summed E-state index contributed by atoms with van der Waals surface area (Å²) in [7, 11) is 1.73. The van der Waals surface area contributed by atoms with Crippen LogP contribution in [0.2, 0.25) is 0 Å². The third kappa shape index (κ3) is 7.81. The molecule has 0 aromatic heterocycles. The molecule has 0 saturated heterocycles. The molecule has 0 aliphatic heterocycles. The summed E-state index contributed by atoms with van der Waals surface area (Å²) in [4.78, 5) is 7.67. The zero-order valence-corrected chi connectivity index (χ0v) is 7.45. The normalized spacial score (nSPS) is 12.7. The zero-order chi connectivity index (χ0) is 6.95.